The van der Waals surface area contributed by atoms with Crippen molar-refractivity contribution in [3.05, 3.63) is 44.8 Å². The first-order chi connectivity index (χ1) is 20.8. The summed E-state index contributed by atoms with van der Waals surface area (Å²) in [6.07, 6.45) is 9.53. The van der Waals surface area contributed by atoms with E-state index in [4.69, 9.17) is 9.47 Å². The Morgan fingerprint density at radius 1 is 0.674 bits per heavy atom. The van der Waals surface area contributed by atoms with Crippen molar-refractivity contribution in [1.82, 2.24) is 0 Å². The van der Waals surface area contributed by atoms with E-state index in [9.17, 15) is 19.8 Å². The van der Waals surface area contributed by atoms with Crippen LogP contribution in [0.25, 0.3) is 0 Å². The normalized spacial score (nSPS) is 26.5. The van der Waals surface area contributed by atoms with E-state index < -0.39 is 23.1 Å². The van der Waals surface area contributed by atoms with E-state index in [0.717, 1.165) is 109 Å². The minimum Gasteiger partial charge on any atom is -0.454 e. The van der Waals surface area contributed by atoms with Crippen LogP contribution in [0.5, 0.6) is 0 Å². The van der Waals surface area contributed by atoms with Crippen molar-refractivity contribution < 1.29 is 38.2 Å². The summed E-state index contributed by atoms with van der Waals surface area (Å²) >= 11 is 2.90. The van der Waals surface area contributed by atoms with Gasteiger partial charge in [-0.15, -0.1) is 22.7 Å². The standard InChI is InChI=1S/2C17H26NO3S.2CH4/c2*1-18(2)10-9-14(12-18)21-16(19)17(20,13-6-3-4-7-13)15-8-5-11-22-15;;/h2*5,8,11,13-14,20H,3-4,6-7,9-10,12H2,1-2H3;2*1H4/q2*+1;;/t14-,17+;14-,17-;;/m10../s1. The highest BCUT2D eigenvalue weighted by molar-refractivity contribution is 7.10. The van der Waals surface area contributed by atoms with Crippen LogP contribution in [0.15, 0.2) is 35.0 Å². The summed E-state index contributed by atoms with van der Waals surface area (Å²) in [7, 11) is 8.60. The molecule has 2 aromatic heterocycles. The number of hydrogen-bond acceptors (Lipinski definition) is 8. The fourth-order valence-corrected chi connectivity index (χ4v) is 9.53. The lowest BCUT2D eigenvalue weighted by atomic mass is 9.84. The molecule has 0 aromatic carbocycles. The van der Waals surface area contributed by atoms with Gasteiger partial charge in [0.15, 0.2) is 23.4 Å². The fraction of sp³-hybridized carbons (Fsp3) is 0.722. The number of thiophene rings is 2. The Morgan fingerprint density at radius 2 is 1.02 bits per heavy atom. The highest BCUT2D eigenvalue weighted by Crippen LogP contribution is 2.45. The van der Waals surface area contributed by atoms with E-state index in [1.807, 2.05) is 35.0 Å². The highest BCUT2D eigenvalue weighted by Gasteiger charge is 2.51. The number of esters is 2. The minimum absolute atomic E-state index is 0. The van der Waals surface area contributed by atoms with Gasteiger partial charge in [0.25, 0.3) is 0 Å². The monoisotopic (exact) mass is 680 g/mol. The summed E-state index contributed by atoms with van der Waals surface area (Å²) in [5.41, 5.74) is -2.91. The average Bonchev–Trinajstić information content (AvgIpc) is 3.82. The SMILES string of the molecule is C.C.C[N+]1(C)CC[C@@H](OC(=O)[C@@](O)(c2cccs2)C2CCCC2)C1.C[N+]1(C)CC[C@H](OC(=O)[C@@](O)(c2cccs2)C2CCCC2)C1. The number of likely N-dealkylation sites (tertiary alicyclic amines) is 2. The summed E-state index contributed by atoms with van der Waals surface area (Å²) in [5, 5.41) is 26.4. The van der Waals surface area contributed by atoms with Crippen molar-refractivity contribution in [3.8, 4) is 0 Å². The number of carbonyl (C=O) groups excluding carboxylic acids is 2. The Balaban J connectivity index is 0.000000240. The number of rotatable bonds is 8. The lowest BCUT2D eigenvalue weighted by Crippen LogP contribution is -2.45. The number of aliphatic hydroxyl groups is 2. The molecule has 4 aliphatic rings. The summed E-state index contributed by atoms with van der Waals surface area (Å²) in [5.74, 6) is -0.896. The van der Waals surface area contributed by atoms with Crippen LogP contribution in [-0.4, -0.2) is 97.7 Å². The van der Waals surface area contributed by atoms with Gasteiger partial charge >= 0.3 is 11.9 Å². The maximum atomic E-state index is 12.8. The third-order valence-corrected chi connectivity index (χ3v) is 12.4. The zero-order valence-corrected chi connectivity index (χ0v) is 28.5. The van der Waals surface area contributed by atoms with Crippen molar-refractivity contribution in [2.45, 2.75) is 102 Å². The van der Waals surface area contributed by atoms with Gasteiger partial charge in [-0.25, -0.2) is 9.59 Å². The van der Waals surface area contributed by atoms with Gasteiger partial charge < -0.3 is 28.7 Å². The zero-order valence-electron chi connectivity index (χ0n) is 26.9. The number of quaternary nitrogens is 2. The van der Waals surface area contributed by atoms with Crippen LogP contribution in [-0.2, 0) is 30.3 Å². The molecule has 0 unspecified atom stereocenters. The van der Waals surface area contributed by atoms with Gasteiger partial charge in [-0.05, 0) is 48.6 Å². The molecule has 2 aliphatic heterocycles. The van der Waals surface area contributed by atoms with E-state index in [2.05, 4.69) is 28.2 Å². The molecule has 0 bridgehead atoms. The molecule has 46 heavy (non-hydrogen) atoms. The van der Waals surface area contributed by atoms with Crippen LogP contribution >= 0.6 is 22.7 Å². The van der Waals surface area contributed by atoms with Gasteiger partial charge in [-0.2, -0.15) is 0 Å². The third kappa shape index (κ3) is 8.42. The number of carbonyl (C=O) groups is 2. The van der Waals surface area contributed by atoms with Crippen molar-refractivity contribution in [2.24, 2.45) is 11.8 Å². The molecular weight excluding hydrogens is 621 g/mol. The first kappa shape index (κ1) is 38.6. The summed E-state index contributed by atoms with van der Waals surface area (Å²) < 4.78 is 13.2. The van der Waals surface area contributed by atoms with Crippen molar-refractivity contribution >= 4 is 34.6 Å². The van der Waals surface area contributed by atoms with Gasteiger partial charge in [0.05, 0.1) is 41.3 Å². The highest BCUT2D eigenvalue weighted by atomic mass is 32.1. The number of likely N-dealkylation sites (N-methyl/N-ethyl adjacent to an activating group) is 2. The maximum Gasteiger partial charge on any atom is 0.344 e. The fourth-order valence-electron chi connectivity index (χ4n) is 7.74. The first-order valence-electron chi connectivity index (χ1n) is 16.4. The van der Waals surface area contributed by atoms with Crippen LogP contribution in [0.3, 0.4) is 0 Å². The molecule has 8 nitrogen and oxygen atoms in total. The van der Waals surface area contributed by atoms with Crippen LogP contribution in [0.4, 0.5) is 0 Å². The maximum absolute atomic E-state index is 12.8. The molecule has 0 amide bonds. The predicted molar refractivity (Wildman–Crippen MR) is 186 cm³/mol. The molecular formula is C36H60N2O6S2+2. The molecule has 4 heterocycles. The number of nitrogens with zero attached hydrogens (tertiary/aromatic N) is 2. The van der Waals surface area contributed by atoms with Crippen molar-refractivity contribution in [1.29, 1.82) is 0 Å². The molecule has 6 rings (SSSR count). The number of hydrogen-bond donors (Lipinski definition) is 2. The molecule has 0 radical (unpaired) electrons. The minimum atomic E-state index is -1.45. The second kappa shape index (κ2) is 15.6. The topological polar surface area (TPSA) is 93.1 Å². The smallest absolute Gasteiger partial charge is 0.344 e. The van der Waals surface area contributed by atoms with E-state index in [1.54, 1.807) is 0 Å². The Kier molecular flexibility index (Phi) is 13.1. The molecule has 2 N–H and O–H groups in total. The Bertz CT molecular complexity index is 1140. The van der Waals surface area contributed by atoms with Gasteiger partial charge in [-0.3, -0.25) is 0 Å². The van der Waals surface area contributed by atoms with E-state index in [1.165, 1.54) is 22.7 Å². The van der Waals surface area contributed by atoms with Crippen LogP contribution in [0, 0.1) is 11.8 Å². The third-order valence-electron chi connectivity index (χ3n) is 10.4. The Morgan fingerprint density at radius 3 is 1.28 bits per heavy atom. The molecule has 2 saturated heterocycles. The Hall–Kier alpha value is -1.82. The van der Waals surface area contributed by atoms with Gasteiger partial charge in [0, 0.05) is 34.4 Å². The van der Waals surface area contributed by atoms with E-state index in [0.29, 0.717) is 0 Å². The van der Waals surface area contributed by atoms with Crippen molar-refractivity contribution in [2.75, 3.05) is 54.4 Å². The first-order valence-corrected chi connectivity index (χ1v) is 18.2. The van der Waals surface area contributed by atoms with Gasteiger partial charge in [0.1, 0.15) is 13.1 Å². The summed E-state index contributed by atoms with van der Waals surface area (Å²) in [6.45, 7) is 3.69. The quantitative estimate of drug-likeness (QED) is 0.251. The lowest BCUT2D eigenvalue weighted by Gasteiger charge is -2.32. The molecule has 260 valence electrons. The predicted octanol–water partition coefficient (Wildman–Crippen LogP) is 6.31. The average molecular weight is 681 g/mol. The summed E-state index contributed by atoms with van der Waals surface area (Å²) in [4.78, 5) is 27.2. The second-order valence-corrected chi connectivity index (χ2v) is 16.7. The molecule has 2 aliphatic carbocycles. The molecule has 4 fully saturated rings. The van der Waals surface area contributed by atoms with Gasteiger partial charge in [0.2, 0.25) is 0 Å². The molecule has 0 spiro atoms. The van der Waals surface area contributed by atoms with Crippen LogP contribution < -0.4 is 0 Å². The zero-order chi connectivity index (χ0) is 31.6. The van der Waals surface area contributed by atoms with Gasteiger partial charge in [-0.1, -0.05) is 52.7 Å². The van der Waals surface area contributed by atoms with Crippen LogP contribution in [0.2, 0.25) is 0 Å². The van der Waals surface area contributed by atoms with Crippen molar-refractivity contribution in [3.63, 3.8) is 0 Å². The van der Waals surface area contributed by atoms with Crippen LogP contribution in [0.1, 0.15) is 88.8 Å². The summed E-state index contributed by atoms with van der Waals surface area (Å²) in [6, 6.07) is 7.50. The second-order valence-electron chi connectivity index (χ2n) is 14.8. The Labute approximate surface area is 285 Å². The molecule has 4 atom stereocenters. The molecule has 10 heteroatoms. The molecule has 2 aromatic rings. The van der Waals surface area contributed by atoms with E-state index in [-0.39, 0.29) is 38.9 Å². The molecule has 2 saturated carbocycles. The van der Waals surface area contributed by atoms with E-state index >= 15 is 0 Å². The number of ether oxygens (including phenoxy) is 2. The lowest BCUT2D eigenvalue weighted by molar-refractivity contribution is -0.879. The largest absolute Gasteiger partial charge is 0.454 e.